The monoisotopic (exact) mass is 371 g/mol. The first-order valence-electron chi connectivity index (χ1n) is 7.75. The van der Waals surface area contributed by atoms with Crippen LogP contribution in [0.2, 0.25) is 0 Å². The van der Waals surface area contributed by atoms with Crippen LogP contribution < -0.4 is 10.1 Å². The van der Waals surface area contributed by atoms with E-state index in [1.54, 1.807) is 0 Å². The van der Waals surface area contributed by atoms with Crippen molar-refractivity contribution in [3.63, 3.8) is 0 Å². The molecular weight excluding hydrogens is 358 g/mol. The van der Waals surface area contributed by atoms with Crippen LogP contribution in [0.5, 0.6) is 5.75 Å². The fraction of sp³-hybridized carbons (Fsp3) is 0.429. The summed E-state index contributed by atoms with van der Waals surface area (Å²) in [6.45, 7) is -1.51. The van der Waals surface area contributed by atoms with E-state index in [0.717, 1.165) is 0 Å². The molecule has 1 aliphatic rings. The van der Waals surface area contributed by atoms with Crippen molar-refractivity contribution in [1.82, 2.24) is 29.8 Å². The number of aromatic nitrogens is 6. The quantitative estimate of drug-likeness (QED) is 0.669. The number of aromatic amines is 1. The van der Waals surface area contributed by atoms with E-state index in [-0.39, 0.29) is 23.0 Å². The molecule has 1 fully saturated rings. The number of nitrogens with one attached hydrogen (secondary N) is 2. The summed E-state index contributed by atoms with van der Waals surface area (Å²) in [6, 6.07) is -0.409. The summed E-state index contributed by atoms with van der Waals surface area (Å²) in [4.78, 5) is 8.25. The largest absolute Gasteiger partial charge is 0.478 e. The fourth-order valence-corrected chi connectivity index (χ4v) is 2.56. The van der Waals surface area contributed by atoms with Crippen LogP contribution in [0.1, 0.15) is 12.8 Å². The number of hydrogen-bond acceptors (Lipinski definition) is 6. The van der Waals surface area contributed by atoms with Crippen molar-refractivity contribution in [1.29, 1.82) is 0 Å². The second-order valence-corrected chi connectivity index (χ2v) is 5.86. The van der Waals surface area contributed by atoms with E-state index in [1.165, 1.54) is 23.2 Å². The molecule has 0 unspecified atom stereocenters. The van der Waals surface area contributed by atoms with E-state index in [4.69, 9.17) is 4.74 Å². The van der Waals surface area contributed by atoms with Gasteiger partial charge in [-0.1, -0.05) is 0 Å². The van der Waals surface area contributed by atoms with Gasteiger partial charge in [-0.2, -0.15) is 27.8 Å². The molecule has 3 heterocycles. The van der Waals surface area contributed by atoms with E-state index in [2.05, 4.69) is 30.6 Å². The highest BCUT2D eigenvalue weighted by atomic mass is 19.4. The number of fused-ring (bicyclic) bond motifs is 1. The van der Waals surface area contributed by atoms with Crippen molar-refractivity contribution in [2.24, 2.45) is 0 Å². The van der Waals surface area contributed by atoms with Gasteiger partial charge in [-0.05, 0) is 12.8 Å². The van der Waals surface area contributed by atoms with Crippen LogP contribution in [0.4, 0.5) is 23.5 Å². The SMILES string of the molecule is F[C@@H]1CC[C@@H]1Nc1nc2c(OCC(F)(F)F)c(-c3cn[nH]c3)ncn2n1. The van der Waals surface area contributed by atoms with Gasteiger partial charge in [0.05, 0.1) is 12.2 Å². The second-order valence-electron chi connectivity index (χ2n) is 5.86. The standard InChI is InChI=1S/C14H13F4N7O/c15-8-1-2-9(8)22-13-23-12-11(26-5-14(16,17)18)10(7-3-20-21-4-7)19-6-25(12)24-13/h3-4,6,8-9H,1-2,5H2,(H,20,21)(H,22,24)/t8-,9+/m1/s1. The second kappa shape index (κ2) is 6.11. The summed E-state index contributed by atoms with van der Waals surface area (Å²) in [7, 11) is 0. The van der Waals surface area contributed by atoms with Crippen molar-refractivity contribution in [3.05, 3.63) is 18.7 Å². The van der Waals surface area contributed by atoms with Gasteiger partial charge in [0.25, 0.3) is 0 Å². The Hall–Kier alpha value is -2.92. The van der Waals surface area contributed by atoms with Crippen LogP contribution in [0.3, 0.4) is 0 Å². The molecule has 0 amide bonds. The van der Waals surface area contributed by atoms with Gasteiger partial charge in [0.15, 0.2) is 12.4 Å². The maximum absolute atomic E-state index is 13.4. The van der Waals surface area contributed by atoms with Gasteiger partial charge in [-0.25, -0.2) is 9.37 Å². The number of alkyl halides is 4. The van der Waals surface area contributed by atoms with Crippen LogP contribution in [-0.4, -0.2) is 54.8 Å². The van der Waals surface area contributed by atoms with Crippen LogP contribution in [0.25, 0.3) is 16.9 Å². The summed E-state index contributed by atoms with van der Waals surface area (Å²) < 4.78 is 57.4. The zero-order valence-corrected chi connectivity index (χ0v) is 13.2. The van der Waals surface area contributed by atoms with E-state index in [0.29, 0.717) is 18.4 Å². The minimum atomic E-state index is -4.53. The summed E-state index contributed by atoms with van der Waals surface area (Å²) >= 11 is 0. The zero-order valence-electron chi connectivity index (χ0n) is 13.2. The number of H-pyrrole nitrogens is 1. The summed E-state index contributed by atoms with van der Waals surface area (Å²) in [5, 5.41) is 13.2. The van der Waals surface area contributed by atoms with Crippen molar-refractivity contribution < 1.29 is 22.3 Å². The lowest BCUT2D eigenvalue weighted by Gasteiger charge is -2.30. The van der Waals surface area contributed by atoms with Crippen molar-refractivity contribution >= 4 is 11.6 Å². The maximum atomic E-state index is 13.4. The van der Waals surface area contributed by atoms with Gasteiger partial charge in [0.2, 0.25) is 11.6 Å². The Morgan fingerprint density at radius 1 is 1.35 bits per heavy atom. The molecule has 0 spiro atoms. The predicted molar refractivity (Wildman–Crippen MR) is 81.5 cm³/mol. The molecule has 138 valence electrons. The topological polar surface area (TPSA) is 93.0 Å². The number of nitrogens with zero attached hydrogens (tertiary/aromatic N) is 5. The molecule has 0 bridgehead atoms. The lowest BCUT2D eigenvalue weighted by atomic mass is 9.91. The van der Waals surface area contributed by atoms with Crippen LogP contribution in [0, 0.1) is 0 Å². The van der Waals surface area contributed by atoms with Crippen molar-refractivity contribution in [3.8, 4) is 17.0 Å². The summed E-state index contributed by atoms with van der Waals surface area (Å²) in [5.41, 5.74) is 0.615. The van der Waals surface area contributed by atoms with Gasteiger partial charge in [0.1, 0.15) is 18.2 Å². The molecule has 4 rings (SSSR count). The average molecular weight is 371 g/mol. The summed E-state index contributed by atoms with van der Waals surface area (Å²) in [5.74, 6) is -0.0856. The van der Waals surface area contributed by atoms with Crippen LogP contribution >= 0.6 is 0 Å². The number of halogens is 4. The maximum Gasteiger partial charge on any atom is 0.422 e. The minimum Gasteiger partial charge on any atom is -0.478 e. The normalized spacial score (nSPS) is 20.2. The molecular formula is C14H13F4N7O. The predicted octanol–water partition coefficient (Wildman–Crippen LogP) is 2.37. The third-order valence-corrected chi connectivity index (χ3v) is 4.00. The van der Waals surface area contributed by atoms with Crippen molar-refractivity contribution in [2.45, 2.75) is 31.2 Å². The Bertz CT molecular complexity index is 908. The van der Waals surface area contributed by atoms with Crippen LogP contribution in [0.15, 0.2) is 18.7 Å². The van der Waals surface area contributed by atoms with Crippen LogP contribution in [-0.2, 0) is 0 Å². The van der Waals surface area contributed by atoms with E-state index in [9.17, 15) is 17.6 Å². The Morgan fingerprint density at radius 2 is 2.19 bits per heavy atom. The van der Waals surface area contributed by atoms with E-state index in [1.807, 2.05) is 0 Å². The average Bonchev–Trinajstić information content (AvgIpc) is 3.24. The third kappa shape index (κ3) is 3.13. The number of rotatable bonds is 5. The molecule has 0 radical (unpaired) electrons. The minimum absolute atomic E-state index is 0.0395. The third-order valence-electron chi connectivity index (χ3n) is 4.00. The lowest BCUT2D eigenvalue weighted by molar-refractivity contribution is -0.153. The molecule has 1 saturated carbocycles. The highest BCUT2D eigenvalue weighted by Gasteiger charge is 2.32. The Labute approximate surface area is 143 Å². The van der Waals surface area contributed by atoms with Gasteiger partial charge < -0.3 is 10.1 Å². The highest BCUT2D eigenvalue weighted by molar-refractivity contribution is 5.73. The molecule has 0 aliphatic heterocycles. The summed E-state index contributed by atoms with van der Waals surface area (Å²) in [6.07, 6.45) is -0.279. The molecule has 2 atom stereocenters. The molecule has 0 aromatic carbocycles. The number of hydrogen-bond donors (Lipinski definition) is 2. The molecule has 0 saturated heterocycles. The molecule has 1 aliphatic carbocycles. The van der Waals surface area contributed by atoms with E-state index >= 15 is 0 Å². The molecule has 3 aromatic rings. The number of anilines is 1. The lowest BCUT2D eigenvalue weighted by Crippen LogP contribution is -2.40. The first-order valence-corrected chi connectivity index (χ1v) is 7.75. The highest BCUT2D eigenvalue weighted by Crippen LogP contribution is 2.33. The van der Waals surface area contributed by atoms with Gasteiger partial charge >= 0.3 is 6.18 Å². The molecule has 8 nitrogen and oxygen atoms in total. The Balaban J connectivity index is 1.73. The van der Waals surface area contributed by atoms with E-state index < -0.39 is 25.0 Å². The molecule has 3 aromatic heterocycles. The van der Waals surface area contributed by atoms with Gasteiger partial charge in [0, 0.05) is 11.8 Å². The zero-order chi connectivity index (χ0) is 18.3. The fourth-order valence-electron chi connectivity index (χ4n) is 2.56. The van der Waals surface area contributed by atoms with Gasteiger partial charge in [-0.3, -0.25) is 5.10 Å². The first kappa shape index (κ1) is 16.5. The number of ether oxygens (including phenoxy) is 1. The van der Waals surface area contributed by atoms with Crippen molar-refractivity contribution in [2.75, 3.05) is 11.9 Å². The molecule has 26 heavy (non-hydrogen) atoms. The Morgan fingerprint density at radius 3 is 2.81 bits per heavy atom. The first-order chi connectivity index (χ1) is 12.4. The smallest absolute Gasteiger partial charge is 0.422 e. The molecule has 12 heteroatoms. The molecule has 2 N–H and O–H groups in total. The Kier molecular flexibility index (Phi) is 3.89. The van der Waals surface area contributed by atoms with Gasteiger partial charge in [-0.15, -0.1) is 5.10 Å².